The number of anilines is 1. The zero-order valence-corrected chi connectivity index (χ0v) is 17.5. The lowest BCUT2D eigenvalue weighted by atomic mass is 9.89. The average molecular weight is 472 g/mol. The quantitative estimate of drug-likeness (QED) is 0.474. The molecule has 1 aromatic heterocycles. The lowest BCUT2D eigenvalue weighted by Crippen LogP contribution is -2.23. The first kappa shape index (κ1) is 22.2. The molecule has 1 saturated heterocycles. The van der Waals surface area contributed by atoms with E-state index in [1.807, 2.05) is 0 Å². The topological polar surface area (TPSA) is 51.2 Å². The van der Waals surface area contributed by atoms with E-state index in [1.165, 1.54) is 42.5 Å². The number of rotatable bonds is 4. The van der Waals surface area contributed by atoms with Gasteiger partial charge in [-0.25, -0.2) is 13.8 Å². The zero-order chi connectivity index (χ0) is 24.0. The van der Waals surface area contributed by atoms with Crippen molar-refractivity contribution in [1.29, 1.82) is 0 Å². The van der Waals surface area contributed by atoms with E-state index in [2.05, 4.69) is 10.3 Å². The Labute approximate surface area is 191 Å². The molecule has 2 unspecified atom stereocenters. The maximum absolute atomic E-state index is 14.7. The standard InChI is InChI=1S/C25H17F5N2O2/c26-16-5-2-1-4-14(16)15-9-8-13(12-17(15)27)31-24(33)23-20-11-10-19(34-20)22(23)18-6-3-7-21(32-18)25(28,29)30/h1-9,12,19-20H,10-11H2,(H,31,33). The number of carbonyl (C=O) groups is 1. The minimum atomic E-state index is -4.63. The second-order valence-corrected chi connectivity index (χ2v) is 8.05. The maximum Gasteiger partial charge on any atom is 0.433 e. The average Bonchev–Trinajstić information content (AvgIpc) is 3.41. The van der Waals surface area contributed by atoms with Crippen molar-refractivity contribution in [3.05, 3.63) is 89.3 Å². The van der Waals surface area contributed by atoms with Gasteiger partial charge in [-0.15, -0.1) is 0 Å². The summed E-state index contributed by atoms with van der Waals surface area (Å²) in [6, 6.07) is 13.1. The predicted molar refractivity (Wildman–Crippen MR) is 114 cm³/mol. The molecule has 1 N–H and O–H groups in total. The van der Waals surface area contributed by atoms with Crippen molar-refractivity contribution < 1.29 is 31.5 Å². The number of hydrogen-bond acceptors (Lipinski definition) is 3. The summed E-state index contributed by atoms with van der Waals surface area (Å²) in [6.45, 7) is 0. The summed E-state index contributed by atoms with van der Waals surface area (Å²) in [5, 5.41) is 2.59. The fourth-order valence-electron chi connectivity index (χ4n) is 4.41. The third-order valence-electron chi connectivity index (χ3n) is 5.90. The molecule has 1 fully saturated rings. The number of nitrogens with one attached hydrogen (secondary N) is 1. The lowest BCUT2D eigenvalue weighted by Gasteiger charge is -2.17. The maximum atomic E-state index is 14.7. The minimum absolute atomic E-state index is 0.0215. The van der Waals surface area contributed by atoms with E-state index >= 15 is 0 Å². The van der Waals surface area contributed by atoms with Crippen LogP contribution in [-0.2, 0) is 15.7 Å². The minimum Gasteiger partial charge on any atom is -0.365 e. The number of benzene rings is 2. The molecule has 174 valence electrons. The van der Waals surface area contributed by atoms with E-state index in [0.717, 1.165) is 12.1 Å². The number of pyridine rings is 1. The number of fused-ring (bicyclic) bond motifs is 2. The van der Waals surface area contributed by atoms with Gasteiger partial charge in [0.1, 0.15) is 17.3 Å². The smallest absolute Gasteiger partial charge is 0.365 e. The first-order valence-electron chi connectivity index (χ1n) is 10.5. The Balaban J connectivity index is 1.46. The van der Waals surface area contributed by atoms with Crippen molar-refractivity contribution in [2.24, 2.45) is 0 Å². The molecule has 34 heavy (non-hydrogen) atoms. The summed E-state index contributed by atoms with van der Waals surface area (Å²) in [6.07, 6.45) is -4.66. The van der Waals surface area contributed by atoms with Crippen LogP contribution in [0.1, 0.15) is 24.2 Å². The number of ether oxygens (including phenoxy) is 1. The van der Waals surface area contributed by atoms with Gasteiger partial charge in [0.15, 0.2) is 0 Å². The van der Waals surface area contributed by atoms with Gasteiger partial charge < -0.3 is 10.1 Å². The number of halogens is 5. The monoisotopic (exact) mass is 472 g/mol. The van der Waals surface area contributed by atoms with E-state index in [9.17, 15) is 26.7 Å². The molecule has 0 aliphatic carbocycles. The number of hydrogen-bond donors (Lipinski definition) is 1. The second-order valence-electron chi connectivity index (χ2n) is 8.05. The molecule has 2 bridgehead atoms. The fraction of sp³-hybridized carbons (Fsp3) is 0.200. The Morgan fingerprint density at radius 3 is 2.38 bits per heavy atom. The summed E-state index contributed by atoms with van der Waals surface area (Å²) in [5.41, 5.74) is -0.314. The van der Waals surface area contributed by atoms with Crippen LogP contribution < -0.4 is 5.32 Å². The first-order valence-corrected chi connectivity index (χ1v) is 10.5. The highest BCUT2D eigenvalue weighted by molar-refractivity contribution is 6.11. The molecule has 9 heteroatoms. The molecule has 0 saturated carbocycles. The SMILES string of the molecule is O=C(Nc1ccc(-c2ccccc2F)c(F)c1)C1=C(c2cccc(C(F)(F)F)n2)C2CCC1O2. The van der Waals surface area contributed by atoms with E-state index in [0.29, 0.717) is 18.4 Å². The summed E-state index contributed by atoms with van der Waals surface area (Å²) in [7, 11) is 0. The highest BCUT2D eigenvalue weighted by atomic mass is 19.4. The van der Waals surface area contributed by atoms with Crippen LogP contribution in [-0.4, -0.2) is 23.1 Å². The number of amides is 1. The van der Waals surface area contributed by atoms with Gasteiger partial charge >= 0.3 is 6.18 Å². The zero-order valence-electron chi connectivity index (χ0n) is 17.5. The molecule has 0 spiro atoms. The van der Waals surface area contributed by atoms with Crippen LogP contribution in [0.15, 0.2) is 66.2 Å². The van der Waals surface area contributed by atoms with Crippen LogP contribution in [0.3, 0.4) is 0 Å². The molecule has 0 radical (unpaired) electrons. The van der Waals surface area contributed by atoms with Gasteiger partial charge in [-0.3, -0.25) is 4.79 Å². The van der Waals surface area contributed by atoms with Crippen molar-refractivity contribution in [3.63, 3.8) is 0 Å². The Kier molecular flexibility index (Phi) is 5.44. The number of carbonyl (C=O) groups excluding carboxylic acids is 1. The van der Waals surface area contributed by atoms with Crippen molar-refractivity contribution in [1.82, 2.24) is 4.98 Å². The second kappa shape index (κ2) is 8.32. The summed E-state index contributed by atoms with van der Waals surface area (Å²) < 4.78 is 74.0. The van der Waals surface area contributed by atoms with Gasteiger partial charge in [0.05, 0.1) is 23.5 Å². The van der Waals surface area contributed by atoms with Crippen LogP contribution >= 0.6 is 0 Å². The van der Waals surface area contributed by atoms with E-state index in [1.54, 1.807) is 6.07 Å². The van der Waals surface area contributed by atoms with Crippen LogP contribution in [0.4, 0.5) is 27.6 Å². The molecule has 2 aromatic carbocycles. The Hall–Kier alpha value is -3.59. The van der Waals surface area contributed by atoms with Crippen LogP contribution in [0.5, 0.6) is 0 Å². The normalized spacial score (nSPS) is 19.6. The molecule has 2 atom stereocenters. The molecular formula is C25H17F5N2O2. The highest BCUT2D eigenvalue weighted by Crippen LogP contribution is 2.44. The summed E-state index contributed by atoms with van der Waals surface area (Å²) >= 11 is 0. The largest absolute Gasteiger partial charge is 0.433 e. The van der Waals surface area contributed by atoms with Crippen molar-refractivity contribution in [2.75, 3.05) is 5.32 Å². The van der Waals surface area contributed by atoms with Gasteiger partial charge in [0, 0.05) is 22.4 Å². The van der Waals surface area contributed by atoms with Crippen LogP contribution in [0, 0.1) is 11.6 Å². The highest BCUT2D eigenvalue weighted by Gasteiger charge is 2.45. The van der Waals surface area contributed by atoms with Crippen LogP contribution in [0.25, 0.3) is 16.7 Å². The molecule has 3 aromatic rings. The van der Waals surface area contributed by atoms with E-state index < -0.39 is 41.6 Å². The van der Waals surface area contributed by atoms with Gasteiger partial charge in [0.25, 0.3) is 5.91 Å². The third kappa shape index (κ3) is 3.96. The van der Waals surface area contributed by atoms with Gasteiger partial charge in [0.2, 0.25) is 0 Å². The molecule has 2 aliphatic heterocycles. The van der Waals surface area contributed by atoms with Gasteiger partial charge in [-0.05, 0) is 49.2 Å². The van der Waals surface area contributed by atoms with Crippen molar-refractivity contribution in [2.45, 2.75) is 31.2 Å². The van der Waals surface area contributed by atoms with E-state index in [4.69, 9.17) is 4.74 Å². The molecule has 1 amide bonds. The Morgan fingerprint density at radius 2 is 1.65 bits per heavy atom. The lowest BCUT2D eigenvalue weighted by molar-refractivity contribution is -0.141. The first-order chi connectivity index (χ1) is 16.2. The van der Waals surface area contributed by atoms with Gasteiger partial charge in [-0.2, -0.15) is 13.2 Å². The summed E-state index contributed by atoms with van der Waals surface area (Å²) in [4.78, 5) is 16.8. The predicted octanol–water partition coefficient (Wildman–Crippen LogP) is 6.00. The van der Waals surface area contributed by atoms with Crippen molar-refractivity contribution >= 4 is 17.2 Å². The molecular weight excluding hydrogens is 455 g/mol. The Morgan fingerprint density at radius 1 is 0.912 bits per heavy atom. The number of alkyl halides is 3. The number of aromatic nitrogens is 1. The number of nitrogens with zero attached hydrogens (tertiary/aromatic N) is 1. The Bertz CT molecular complexity index is 1320. The summed E-state index contributed by atoms with van der Waals surface area (Å²) in [5.74, 6) is -1.93. The molecule has 5 rings (SSSR count). The fourth-order valence-corrected chi connectivity index (χ4v) is 4.41. The van der Waals surface area contributed by atoms with Crippen molar-refractivity contribution in [3.8, 4) is 11.1 Å². The molecule has 3 heterocycles. The van der Waals surface area contributed by atoms with Gasteiger partial charge in [-0.1, -0.05) is 24.3 Å². The van der Waals surface area contributed by atoms with Crippen LogP contribution in [0.2, 0.25) is 0 Å². The molecule has 2 aliphatic rings. The molecule has 4 nitrogen and oxygen atoms in total. The van der Waals surface area contributed by atoms with E-state index in [-0.39, 0.29) is 28.1 Å². The third-order valence-corrected chi connectivity index (χ3v) is 5.90.